The molecule has 3 rings (SSSR count). The van der Waals surface area contributed by atoms with Crippen molar-refractivity contribution in [1.29, 1.82) is 0 Å². The van der Waals surface area contributed by atoms with Crippen LogP contribution in [-0.4, -0.2) is 42.5 Å². The van der Waals surface area contributed by atoms with Gasteiger partial charge in [-0.3, -0.25) is 0 Å². The molecule has 6 nitrogen and oxygen atoms in total. The van der Waals surface area contributed by atoms with Crippen molar-refractivity contribution in [3.05, 3.63) is 72.3 Å². The molecule has 0 atom stereocenters. The molecule has 0 heterocycles. The Morgan fingerprint density at radius 3 is 2.27 bits per heavy atom. The van der Waals surface area contributed by atoms with Crippen molar-refractivity contribution in [2.75, 3.05) is 13.1 Å². The number of hydrogen-bond acceptors (Lipinski definition) is 4. The topological polar surface area (TPSA) is 83.9 Å². The number of hydrogen-bond donors (Lipinski definition) is 1. The second-order valence-corrected chi connectivity index (χ2v) is 10.5. The summed E-state index contributed by atoms with van der Waals surface area (Å²) in [6.45, 7) is 5.86. The molecule has 0 spiro atoms. The first-order valence-corrected chi connectivity index (χ1v) is 12.6. The first kappa shape index (κ1) is 24.7. The van der Waals surface area contributed by atoms with Crippen LogP contribution in [0.15, 0.2) is 71.6 Å². The Morgan fingerprint density at radius 1 is 0.970 bits per heavy atom. The summed E-state index contributed by atoms with van der Waals surface area (Å²) in [5.41, 5.74) is -0.269. The third-order valence-corrected chi connectivity index (χ3v) is 7.41. The minimum absolute atomic E-state index is 0.317. The molecule has 0 fully saturated rings. The second kappa shape index (κ2) is 10.4. The maximum Gasteiger partial charge on any atom is 0.347 e. The van der Waals surface area contributed by atoms with Crippen molar-refractivity contribution in [2.24, 2.45) is 0 Å². The van der Waals surface area contributed by atoms with E-state index in [9.17, 15) is 18.3 Å². The number of fused-ring (bicyclic) bond motifs is 1. The summed E-state index contributed by atoms with van der Waals surface area (Å²) in [4.78, 5) is 11.5. The van der Waals surface area contributed by atoms with Crippen LogP contribution in [0.2, 0.25) is 0 Å². The number of carboxylic acid groups (broad SMARTS) is 1. The maximum absolute atomic E-state index is 13.3. The van der Waals surface area contributed by atoms with Crippen LogP contribution in [0.25, 0.3) is 10.8 Å². The van der Waals surface area contributed by atoms with Gasteiger partial charge in [-0.15, -0.1) is 0 Å². The van der Waals surface area contributed by atoms with E-state index in [0.717, 1.165) is 22.8 Å². The van der Waals surface area contributed by atoms with Gasteiger partial charge in [-0.1, -0.05) is 49.4 Å². The fourth-order valence-electron chi connectivity index (χ4n) is 3.60. The lowest BCUT2D eigenvalue weighted by Crippen LogP contribution is -2.37. The van der Waals surface area contributed by atoms with Crippen LogP contribution in [0.5, 0.6) is 5.75 Å². The molecule has 0 saturated heterocycles. The Morgan fingerprint density at radius 2 is 1.64 bits per heavy atom. The lowest BCUT2D eigenvalue weighted by Gasteiger charge is -2.22. The largest absolute Gasteiger partial charge is 0.478 e. The van der Waals surface area contributed by atoms with Crippen molar-refractivity contribution >= 4 is 26.8 Å². The lowest BCUT2D eigenvalue weighted by molar-refractivity contribution is -0.152. The van der Waals surface area contributed by atoms with Crippen LogP contribution in [-0.2, 0) is 21.2 Å². The zero-order valence-electron chi connectivity index (χ0n) is 19.3. The highest BCUT2D eigenvalue weighted by molar-refractivity contribution is 7.89. The standard InChI is InChI=1S/C26H31NO5S/c1-4-17-27(33(30,31)24-16-13-21-9-5-6-10-22(21)19-24)18-7-8-20-11-14-23(15-12-20)32-26(2,3)25(28)29/h5-6,9-16,19H,4,7-8,17-18H2,1-3H3,(H,28,29). The van der Waals surface area contributed by atoms with Gasteiger partial charge in [0.15, 0.2) is 5.60 Å². The molecule has 0 radical (unpaired) electrons. The van der Waals surface area contributed by atoms with Gasteiger partial charge in [0, 0.05) is 13.1 Å². The Labute approximate surface area is 195 Å². The molecule has 0 bridgehead atoms. The second-order valence-electron chi connectivity index (χ2n) is 8.58. The number of benzene rings is 3. The summed E-state index contributed by atoms with van der Waals surface area (Å²) >= 11 is 0. The molecule has 3 aromatic carbocycles. The number of carboxylic acids is 1. The molecular weight excluding hydrogens is 438 g/mol. The molecule has 3 aromatic rings. The molecule has 7 heteroatoms. The molecule has 0 aliphatic rings. The van der Waals surface area contributed by atoms with E-state index in [2.05, 4.69) is 0 Å². The Hall–Kier alpha value is -2.90. The van der Waals surface area contributed by atoms with Crippen molar-refractivity contribution in [3.8, 4) is 5.75 Å². The SMILES string of the molecule is CCCN(CCCc1ccc(OC(C)(C)C(=O)O)cc1)S(=O)(=O)c1ccc2ccccc2c1. The Kier molecular flexibility index (Phi) is 7.76. The quantitative estimate of drug-likeness (QED) is 0.422. The van der Waals surface area contributed by atoms with Gasteiger partial charge < -0.3 is 9.84 Å². The van der Waals surface area contributed by atoms with Crippen molar-refractivity contribution in [3.63, 3.8) is 0 Å². The van der Waals surface area contributed by atoms with E-state index < -0.39 is 21.6 Å². The summed E-state index contributed by atoms with van der Waals surface area (Å²) < 4.78 is 33.7. The Balaban J connectivity index is 1.65. The van der Waals surface area contributed by atoms with E-state index in [1.54, 1.807) is 28.6 Å². The van der Waals surface area contributed by atoms with Crippen molar-refractivity contribution in [1.82, 2.24) is 4.31 Å². The molecule has 0 aliphatic heterocycles. The number of sulfonamides is 1. The third kappa shape index (κ3) is 6.12. The van der Waals surface area contributed by atoms with Gasteiger partial charge in [0.05, 0.1) is 4.90 Å². The van der Waals surface area contributed by atoms with E-state index in [1.807, 2.05) is 49.4 Å². The van der Waals surface area contributed by atoms with Crippen LogP contribution in [0.4, 0.5) is 0 Å². The van der Waals surface area contributed by atoms with E-state index >= 15 is 0 Å². The van der Waals surface area contributed by atoms with Crippen LogP contribution in [0.1, 0.15) is 39.2 Å². The number of aryl methyl sites for hydroxylation is 1. The first-order valence-electron chi connectivity index (χ1n) is 11.1. The van der Waals surface area contributed by atoms with E-state index in [4.69, 9.17) is 4.74 Å². The molecule has 0 aromatic heterocycles. The molecule has 33 heavy (non-hydrogen) atoms. The lowest BCUT2D eigenvalue weighted by atomic mass is 10.1. The van der Waals surface area contributed by atoms with E-state index in [1.165, 1.54) is 13.8 Å². The highest BCUT2D eigenvalue weighted by Crippen LogP contribution is 2.23. The number of ether oxygens (including phenoxy) is 1. The smallest absolute Gasteiger partial charge is 0.347 e. The van der Waals surface area contributed by atoms with E-state index in [0.29, 0.717) is 36.6 Å². The molecule has 176 valence electrons. The van der Waals surface area contributed by atoms with Gasteiger partial charge in [-0.05, 0) is 73.7 Å². The summed E-state index contributed by atoms with van der Waals surface area (Å²) in [5, 5.41) is 11.1. The van der Waals surface area contributed by atoms with Crippen LogP contribution in [0, 0.1) is 0 Å². The molecule has 0 unspecified atom stereocenters. The van der Waals surface area contributed by atoms with Gasteiger partial charge in [0.2, 0.25) is 10.0 Å². The molecular formula is C26H31NO5S. The van der Waals surface area contributed by atoms with Crippen molar-refractivity contribution in [2.45, 2.75) is 50.5 Å². The summed E-state index contributed by atoms with van der Waals surface area (Å²) in [6.07, 6.45) is 2.11. The molecule has 1 N–H and O–H groups in total. The molecule has 0 amide bonds. The number of carbonyl (C=O) groups is 1. The minimum atomic E-state index is -3.59. The van der Waals surface area contributed by atoms with Gasteiger partial charge >= 0.3 is 5.97 Å². The van der Waals surface area contributed by atoms with Crippen LogP contribution < -0.4 is 4.74 Å². The number of rotatable bonds is 11. The predicted molar refractivity (Wildman–Crippen MR) is 130 cm³/mol. The summed E-state index contributed by atoms with van der Waals surface area (Å²) in [5.74, 6) is -0.548. The van der Waals surface area contributed by atoms with Gasteiger partial charge in [0.25, 0.3) is 0 Å². The maximum atomic E-state index is 13.3. The highest BCUT2D eigenvalue weighted by atomic mass is 32.2. The average molecular weight is 470 g/mol. The first-order chi connectivity index (χ1) is 15.6. The zero-order valence-corrected chi connectivity index (χ0v) is 20.1. The Bertz CT molecular complexity index is 1200. The fourth-order valence-corrected chi connectivity index (χ4v) is 5.21. The van der Waals surface area contributed by atoms with Gasteiger partial charge in [-0.2, -0.15) is 4.31 Å². The molecule has 0 saturated carbocycles. The third-order valence-electron chi connectivity index (χ3n) is 5.52. The number of aliphatic carboxylic acids is 1. The molecule has 0 aliphatic carbocycles. The summed E-state index contributed by atoms with van der Waals surface area (Å²) in [7, 11) is -3.59. The monoisotopic (exact) mass is 469 g/mol. The average Bonchev–Trinajstić information content (AvgIpc) is 2.79. The van der Waals surface area contributed by atoms with Gasteiger partial charge in [0.1, 0.15) is 5.75 Å². The highest BCUT2D eigenvalue weighted by Gasteiger charge is 2.29. The normalized spacial score (nSPS) is 12.2. The van der Waals surface area contributed by atoms with Crippen LogP contribution >= 0.6 is 0 Å². The van der Waals surface area contributed by atoms with Crippen molar-refractivity contribution < 1.29 is 23.1 Å². The predicted octanol–water partition coefficient (Wildman–Crippen LogP) is 5.12. The van der Waals surface area contributed by atoms with E-state index in [-0.39, 0.29) is 0 Å². The minimum Gasteiger partial charge on any atom is -0.478 e. The number of nitrogens with zero attached hydrogens (tertiary/aromatic N) is 1. The van der Waals surface area contributed by atoms with Crippen LogP contribution in [0.3, 0.4) is 0 Å². The zero-order chi connectivity index (χ0) is 24.1. The fraction of sp³-hybridized carbons (Fsp3) is 0.346. The van der Waals surface area contributed by atoms with Gasteiger partial charge in [-0.25, -0.2) is 13.2 Å². The summed E-state index contributed by atoms with van der Waals surface area (Å²) in [6, 6.07) is 20.3.